The van der Waals surface area contributed by atoms with Crippen molar-refractivity contribution in [3.63, 3.8) is 0 Å². The zero-order chi connectivity index (χ0) is 15.0. The van der Waals surface area contributed by atoms with Crippen molar-refractivity contribution in [2.24, 2.45) is 0 Å². The van der Waals surface area contributed by atoms with Gasteiger partial charge in [-0.05, 0) is 24.6 Å². The van der Waals surface area contributed by atoms with Crippen LogP contribution in [0.3, 0.4) is 0 Å². The van der Waals surface area contributed by atoms with E-state index in [0.29, 0.717) is 11.2 Å². The van der Waals surface area contributed by atoms with Crippen LogP contribution in [0.5, 0.6) is 5.75 Å². The lowest BCUT2D eigenvalue weighted by Crippen LogP contribution is -1.99. The summed E-state index contributed by atoms with van der Waals surface area (Å²) in [5.74, 6) is 0.932. The average Bonchev–Trinajstić information content (AvgIpc) is 2.87. The van der Waals surface area contributed by atoms with Crippen molar-refractivity contribution in [3.8, 4) is 22.9 Å². The number of methoxy groups -OCH3 is 1. The van der Waals surface area contributed by atoms with E-state index < -0.39 is 0 Å². The number of anilines is 1. The van der Waals surface area contributed by atoms with Crippen molar-refractivity contribution in [1.29, 1.82) is 5.26 Å². The number of fused-ring (bicyclic) bond motifs is 1. The SMILES string of the molecule is COc1ccc(-c2c(C#N)c(N)nc3n[nH]c(C)c23)cc1. The predicted molar refractivity (Wildman–Crippen MR) is 79.7 cm³/mol. The normalized spacial score (nSPS) is 10.5. The van der Waals surface area contributed by atoms with Crippen LogP contribution in [-0.2, 0) is 0 Å². The molecular weight excluding hydrogens is 266 g/mol. The zero-order valence-electron chi connectivity index (χ0n) is 11.6. The predicted octanol–water partition coefficient (Wildman–Crippen LogP) is 2.40. The number of H-pyrrole nitrogens is 1. The summed E-state index contributed by atoms with van der Waals surface area (Å²) in [5.41, 5.74) is 9.22. The second kappa shape index (κ2) is 4.80. The molecule has 0 bridgehead atoms. The number of nitrogen functional groups attached to an aromatic ring is 1. The minimum absolute atomic E-state index is 0.183. The Labute approximate surface area is 121 Å². The first-order valence-electron chi connectivity index (χ1n) is 6.34. The molecule has 0 unspecified atom stereocenters. The molecule has 2 heterocycles. The van der Waals surface area contributed by atoms with Gasteiger partial charge in [0.25, 0.3) is 0 Å². The molecule has 3 aromatic rings. The minimum atomic E-state index is 0.183. The van der Waals surface area contributed by atoms with E-state index in [4.69, 9.17) is 10.5 Å². The van der Waals surface area contributed by atoms with Gasteiger partial charge in [0.1, 0.15) is 23.2 Å². The summed E-state index contributed by atoms with van der Waals surface area (Å²) in [5, 5.41) is 17.2. The van der Waals surface area contributed by atoms with E-state index in [9.17, 15) is 5.26 Å². The van der Waals surface area contributed by atoms with Crippen LogP contribution in [0.1, 0.15) is 11.3 Å². The van der Waals surface area contributed by atoms with Gasteiger partial charge >= 0.3 is 0 Å². The summed E-state index contributed by atoms with van der Waals surface area (Å²) < 4.78 is 5.16. The van der Waals surface area contributed by atoms with Gasteiger partial charge < -0.3 is 10.5 Å². The third kappa shape index (κ3) is 1.96. The molecule has 0 fully saturated rings. The number of nitrogens with one attached hydrogen (secondary N) is 1. The summed E-state index contributed by atoms with van der Waals surface area (Å²) in [7, 11) is 1.61. The number of nitrogens with zero attached hydrogens (tertiary/aromatic N) is 3. The molecule has 0 atom stereocenters. The van der Waals surface area contributed by atoms with Crippen LogP contribution < -0.4 is 10.5 Å². The van der Waals surface area contributed by atoms with Crippen LogP contribution >= 0.6 is 0 Å². The van der Waals surface area contributed by atoms with Crippen LogP contribution in [0.25, 0.3) is 22.2 Å². The molecule has 0 radical (unpaired) electrons. The lowest BCUT2D eigenvalue weighted by molar-refractivity contribution is 0.415. The van der Waals surface area contributed by atoms with Crippen LogP contribution in [0, 0.1) is 18.3 Å². The molecule has 3 N–H and O–H groups in total. The largest absolute Gasteiger partial charge is 0.497 e. The molecule has 0 aliphatic rings. The van der Waals surface area contributed by atoms with Gasteiger partial charge in [-0.15, -0.1) is 0 Å². The zero-order valence-corrected chi connectivity index (χ0v) is 11.6. The number of hydrogen-bond donors (Lipinski definition) is 2. The van der Waals surface area contributed by atoms with E-state index in [0.717, 1.165) is 28.0 Å². The quantitative estimate of drug-likeness (QED) is 0.750. The summed E-state index contributed by atoms with van der Waals surface area (Å²) in [6, 6.07) is 9.60. The second-order valence-electron chi connectivity index (χ2n) is 4.63. The van der Waals surface area contributed by atoms with Crippen LogP contribution in [0.2, 0.25) is 0 Å². The summed E-state index contributed by atoms with van der Waals surface area (Å²) in [6.07, 6.45) is 0. The fourth-order valence-corrected chi connectivity index (χ4v) is 2.38. The number of aryl methyl sites for hydroxylation is 1. The molecule has 0 aliphatic carbocycles. The third-order valence-corrected chi connectivity index (χ3v) is 3.40. The van der Waals surface area contributed by atoms with Gasteiger partial charge in [-0.1, -0.05) is 12.1 Å². The molecule has 0 saturated carbocycles. The van der Waals surface area contributed by atoms with Crippen molar-refractivity contribution < 1.29 is 4.74 Å². The van der Waals surface area contributed by atoms with Crippen molar-refractivity contribution in [1.82, 2.24) is 15.2 Å². The molecule has 6 heteroatoms. The summed E-state index contributed by atoms with van der Waals surface area (Å²) >= 11 is 0. The molecule has 0 saturated heterocycles. The Morgan fingerprint density at radius 3 is 2.62 bits per heavy atom. The minimum Gasteiger partial charge on any atom is -0.497 e. The number of rotatable bonds is 2. The van der Waals surface area contributed by atoms with Gasteiger partial charge in [0, 0.05) is 11.3 Å². The highest BCUT2D eigenvalue weighted by Crippen LogP contribution is 2.35. The maximum atomic E-state index is 9.42. The van der Waals surface area contributed by atoms with Gasteiger partial charge in [0.05, 0.1) is 12.5 Å². The Bertz CT molecular complexity index is 858. The first kappa shape index (κ1) is 12.9. The Morgan fingerprint density at radius 2 is 2.00 bits per heavy atom. The van der Waals surface area contributed by atoms with Gasteiger partial charge in [-0.3, -0.25) is 5.10 Å². The topological polar surface area (TPSA) is 101 Å². The third-order valence-electron chi connectivity index (χ3n) is 3.40. The van der Waals surface area contributed by atoms with Crippen LogP contribution in [0.4, 0.5) is 5.82 Å². The molecule has 0 amide bonds. The highest BCUT2D eigenvalue weighted by Gasteiger charge is 2.18. The van der Waals surface area contributed by atoms with E-state index >= 15 is 0 Å². The van der Waals surface area contributed by atoms with Gasteiger partial charge in [0.2, 0.25) is 0 Å². The average molecular weight is 279 g/mol. The number of aromatic nitrogens is 3. The lowest BCUT2D eigenvalue weighted by Gasteiger charge is -2.09. The number of hydrogen-bond acceptors (Lipinski definition) is 5. The van der Waals surface area contributed by atoms with Crippen molar-refractivity contribution in [2.45, 2.75) is 6.92 Å². The Hall–Kier alpha value is -3.07. The maximum Gasteiger partial charge on any atom is 0.183 e. The summed E-state index contributed by atoms with van der Waals surface area (Å²) in [4.78, 5) is 4.18. The van der Waals surface area contributed by atoms with Gasteiger partial charge in [-0.25, -0.2) is 4.98 Å². The summed E-state index contributed by atoms with van der Waals surface area (Å²) in [6.45, 7) is 1.89. The Morgan fingerprint density at radius 1 is 1.29 bits per heavy atom. The fraction of sp³-hybridized carbons (Fsp3) is 0.133. The van der Waals surface area contributed by atoms with Gasteiger partial charge in [-0.2, -0.15) is 10.4 Å². The molecule has 104 valence electrons. The molecule has 6 nitrogen and oxygen atoms in total. The lowest BCUT2D eigenvalue weighted by atomic mass is 9.97. The first-order valence-corrected chi connectivity index (χ1v) is 6.34. The number of nitriles is 1. The van der Waals surface area contributed by atoms with E-state index in [1.54, 1.807) is 7.11 Å². The molecule has 0 aliphatic heterocycles. The number of aromatic amines is 1. The molecule has 21 heavy (non-hydrogen) atoms. The molecule has 2 aromatic heterocycles. The Kier molecular flexibility index (Phi) is 2.95. The fourth-order valence-electron chi connectivity index (χ4n) is 2.38. The standard InChI is InChI=1S/C15H13N5O/c1-8-12-13(9-3-5-10(21-2)6-4-9)11(7-16)14(17)18-15(12)20-19-8/h3-6H,1-2H3,(H3,17,18,19,20). The number of nitrogens with two attached hydrogens (primary N) is 1. The van der Waals surface area contributed by atoms with Crippen LogP contribution in [-0.4, -0.2) is 22.3 Å². The highest BCUT2D eigenvalue weighted by atomic mass is 16.5. The maximum absolute atomic E-state index is 9.42. The van der Waals surface area contributed by atoms with E-state index in [2.05, 4.69) is 21.3 Å². The molecule has 1 aromatic carbocycles. The van der Waals surface area contributed by atoms with E-state index in [1.165, 1.54) is 0 Å². The van der Waals surface area contributed by atoms with Gasteiger partial charge in [0.15, 0.2) is 5.65 Å². The van der Waals surface area contributed by atoms with Crippen molar-refractivity contribution >= 4 is 16.9 Å². The number of pyridine rings is 1. The second-order valence-corrected chi connectivity index (χ2v) is 4.63. The number of benzene rings is 1. The molecular formula is C15H13N5O. The van der Waals surface area contributed by atoms with Crippen molar-refractivity contribution in [2.75, 3.05) is 12.8 Å². The first-order chi connectivity index (χ1) is 10.2. The number of ether oxygens (including phenoxy) is 1. The van der Waals surface area contributed by atoms with Crippen molar-refractivity contribution in [3.05, 3.63) is 35.5 Å². The smallest absolute Gasteiger partial charge is 0.183 e. The molecule has 3 rings (SSSR count). The van der Waals surface area contributed by atoms with E-state index in [1.807, 2.05) is 31.2 Å². The monoisotopic (exact) mass is 279 g/mol. The Balaban J connectivity index is 2.38. The highest BCUT2D eigenvalue weighted by molar-refractivity contribution is 5.99. The molecule has 0 spiro atoms. The van der Waals surface area contributed by atoms with E-state index in [-0.39, 0.29) is 5.82 Å². The van der Waals surface area contributed by atoms with Crippen LogP contribution in [0.15, 0.2) is 24.3 Å².